The first-order chi connectivity index (χ1) is 9.97. The van der Waals surface area contributed by atoms with Crippen LogP contribution in [0, 0.1) is 0 Å². The zero-order valence-corrected chi connectivity index (χ0v) is 11.3. The molecule has 0 saturated heterocycles. The van der Waals surface area contributed by atoms with E-state index in [1.54, 1.807) is 12.1 Å². The molecule has 5 heteroatoms. The standard InChI is InChI=1S/C16H13F3O2/c1-21-10-11-4-2-3-5-14(11)15-7-6-13(16(17,18)19)8-12(15)9-20/h2-9H,10H2,1H3. The summed E-state index contributed by atoms with van der Waals surface area (Å²) in [6.45, 7) is 0.315. The van der Waals surface area contributed by atoms with Crippen molar-refractivity contribution in [3.8, 4) is 11.1 Å². The van der Waals surface area contributed by atoms with Crippen molar-refractivity contribution in [2.75, 3.05) is 7.11 Å². The SMILES string of the molecule is COCc1ccccc1-c1ccc(C(F)(F)F)cc1C=O. The Morgan fingerprint density at radius 1 is 1.10 bits per heavy atom. The number of carbonyl (C=O) groups is 1. The Morgan fingerprint density at radius 2 is 1.81 bits per heavy atom. The highest BCUT2D eigenvalue weighted by atomic mass is 19.4. The Bertz CT molecular complexity index is 648. The van der Waals surface area contributed by atoms with Crippen LogP contribution in [0.1, 0.15) is 21.5 Å². The van der Waals surface area contributed by atoms with Crippen LogP contribution >= 0.6 is 0 Å². The summed E-state index contributed by atoms with van der Waals surface area (Å²) in [7, 11) is 1.53. The van der Waals surface area contributed by atoms with Gasteiger partial charge in [0.05, 0.1) is 12.2 Å². The zero-order chi connectivity index (χ0) is 15.5. The summed E-state index contributed by atoms with van der Waals surface area (Å²) < 4.78 is 43.2. The molecular formula is C16H13F3O2. The normalized spacial score (nSPS) is 11.4. The fourth-order valence-electron chi connectivity index (χ4n) is 2.15. The lowest BCUT2D eigenvalue weighted by Crippen LogP contribution is -2.06. The van der Waals surface area contributed by atoms with E-state index in [9.17, 15) is 18.0 Å². The van der Waals surface area contributed by atoms with Crippen molar-refractivity contribution < 1.29 is 22.7 Å². The van der Waals surface area contributed by atoms with Gasteiger partial charge in [0.25, 0.3) is 0 Å². The summed E-state index contributed by atoms with van der Waals surface area (Å²) >= 11 is 0. The Labute approximate surface area is 120 Å². The Balaban J connectivity index is 2.57. The van der Waals surface area contributed by atoms with E-state index in [2.05, 4.69) is 0 Å². The maximum absolute atomic E-state index is 12.7. The van der Waals surface area contributed by atoms with E-state index in [0.29, 0.717) is 24.0 Å². The Hall–Kier alpha value is -2.14. The molecule has 0 amide bonds. The number of methoxy groups -OCH3 is 1. The molecule has 0 aromatic heterocycles. The minimum Gasteiger partial charge on any atom is -0.380 e. The minimum atomic E-state index is -4.47. The second kappa shape index (κ2) is 6.10. The van der Waals surface area contributed by atoms with Crippen molar-refractivity contribution in [3.05, 3.63) is 59.2 Å². The van der Waals surface area contributed by atoms with Gasteiger partial charge in [-0.3, -0.25) is 4.79 Å². The van der Waals surface area contributed by atoms with Gasteiger partial charge in [-0.1, -0.05) is 30.3 Å². The van der Waals surface area contributed by atoms with Gasteiger partial charge in [0.15, 0.2) is 6.29 Å². The molecule has 0 fully saturated rings. The van der Waals surface area contributed by atoms with Crippen molar-refractivity contribution in [2.24, 2.45) is 0 Å². The maximum Gasteiger partial charge on any atom is 0.416 e. The summed E-state index contributed by atoms with van der Waals surface area (Å²) in [6.07, 6.45) is -4.03. The summed E-state index contributed by atoms with van der Waals surface area (Å²) in [5.41, 5.74) is 1.13. The highest BCUT2D eigenvalue weighted by molar-refractivity contribution is 5.88. The lowest BCUT2D eigenvalue weighted by molar-refractivity contribution is -0.137. The number of ether oxygens (including phenoxy) is 1. The molecule has 0 aliphatic carbocycles. The van der Waals surface area contributed by atoms with Crippen LogP contribution in [0.15, 0.2) is 42.5 Å². The Kier molecular flexibility index (Phi) is 4.43. The van der Waals surface area contributed by atoms with E-state index in [0.717, 1.165) is 17.7 Å². The van der Waals surface area contributed by atoms with Crippen LogP contribution in [0.3, 0.4) is 0 Å². The van der Waals surface area contributed by atoms with Crippen molar-refractivity contribution in [3.63, 3.8) is 0 Å². The third-order valence-electron chi connectivity index (χ3n) is 3.11. The molecule has 21 heavy (non-hydrogen) atoms. The van der Waals surface area contributed by atoms with Gasteiger partial charge >= 0.3 is 6.18 Å². The molecule has 2 aromatic rings. The van der Waals surface area contributed by atoms with Crippen molar-refractivity contribution in [1.29, 1.82) is 0 Å². The van der Waals surface area contributed by atoms with Crippen molar-refractivity contribution >= 4 is 6.29 Å². The molecule has 0 unspecified atom stereocenters. The van der Waals surface area contributed by atoms with E-state index < -0.39 is 11.7 Å². The third-order valence-corrected chi connectivity index (χ3v) is 3.11. The van der Waals surface area contributed by atoms with Gasteiger partial charge in [0, 0.05) is 12.7 Å². The van der Waals surface area contributed by atoms with Crippen LogP contribution in [-0.2, 0) is 17.5 Å². The van der Waals surface area contributed by atoms with Crippen LogP contribution in [0.4, 0.5) is 13.2 Å². The van der Waals surface area contributed by atoms with Gasteiger partial charge in [0.2, 0.25) is 0 Å². The van der Waals surface area contributed by atoms with Gasteiger partial charge < -0.3 is 4.74 Å². The number of halogens is 3. The smallest absolute Gasteiger partial charge is 0.380 e. The van der Waals surface area contributed by atoms with E-state index in [1.807, 2.05) is 12.1 Å². The topological polar surface area (TPSA) is 26.3 Å². The van der Waals surface area contributed by atoms with Crippen LogP contribution in [-0.4, -0.2) is 13.4 Å². The molecule has 0 saturated carbocycles. The van der Waals surface area contributed by atoms with Crippen molar-refractivity contribution in [1.82, 2.24) is 0 Å². The molecule has 0 atom stereocenters. The van der Waals surface area contributed by atoms with E-state index in [4.69, 9.17) is 4.74 Å². The van der Waals surface area contributed by atoms with Crippen molar-refractivity contribution in [2.45, 2.75) is 12.8 Å². The van der Waals surface area contributed by atoms with Gasteiger partial charge in [-0.25, -0.2) is 0 Å². The monoisotopic (exact) mass is 294 g/mol. The zero-order valence-electron chi connectivity index (χ0n) is 11.3. The highest BCUT2D eigenvalue weighted by Gasteiger charge is 2.31. The fraction of sp³-hybridized carbons (Fsp3) is 0.188. The summed E-state index contributed by atoms with van der Waals surface area (Å²) in [5, 5.41) is 0. The molecule has 110 valence electrons. The second-order valence-electron chi connectivity index (χ2n) is 4.51. The molecule has 2 rings (SSSR count). The Morgan fingerprint density at radius 3 is 2.43 bits per heavy atom. The van der Waals surface area contributed by atoms with Crippen LogP contribution in [0.5, 0.6) is 0 Å². The fourth-order valence-corrected chi connectivity index (χ4v) is 2.15. The number of benzene rings is 2. The average Bonchev–Trinajstić information content (AvgIpc) is 2.46. The third kappa shape index (κ3) is 3.31. The molecule has 0 N–H and O–H groups in total. The highest BCUT2D eigenvalue weighted by Crippen LogP contribution is 2.34. The lowest BCUT2D eigenvalue weighted by atomic mass is 9.94. The number of hydrogen-bond donors (Lipinski definition) is 0. The first kappa shape index (κ1) is 15.3. The van der Waals surface area contributed by atoms with Gasteiger partial charge in [-0.2, -0.15) is 13.2 Å². The molecule has 0 aliphatic heterocycles. The number of hydrogen-bond acceptors (Lipinski definition) is 2. The van der Waals surface area contributed by atoms with Crippen LogP contribution in [0.25, 0.3) is 11.1 Å². The van der Waals surface area contributed by atoms with E-state index in [1.165, 1.54) is 13.2 Å². The quantitative estimate of drug-likeness (QED) is 0.784. The molecule has 2 nitrogen and oxygen atoms in total. The lowest BCUT2D eigenvalue weighted by Gasteiger charge is -2.13. The predicted octanol–water partition coefficient (Wildman–Crippen LogP) is 4.33. The van der Waals surface area contributed by atoms with E-state index in [-0.39, 0.29) is 5.56 Å². The number of alkyl halides is 3. The first-order valence-corrected chi connectivity index (χ1v) is 6.21. The van der Waals surface area contributed by atoms with Gasteiger partial charge in [-0.15, -0.1) is 0 Å². The number of rotatable bonds is 4. The van der Waals surface area contributed by atoms with Crippen LogP contribution < -0.4 is 0 Å². The molecular weight excluding hydrogens is 281 g/mol. The average molecular weight is 294 g/mol. The molecule has 0 heterocycles. The number of aldehydes is 1. The molecule has 0 radical (unpaired) electrons. The minimum absolute atomic E-state index is 0.00776. The number of carbonyl (C=O) groups excluding carboxylic acids is 1. The summed E-state index contributed by atoms with van der Waals surface area (Å²) in [4.78, 5) is 11.2. The van der Waals surface area contributed by atoms with Crippen LogP contribution in [0.2, 0.25) is 0 Å². The maximum atomic E-state index is 12.7. The largest absolute Gasteiger partial charge is 0.416 e. The molecule has 0 aliphatic rings. The molecule has 2 aromatic carbocycles. The van der Waals surface area contributed by atoms with Gasteiger partial charge in [0.1, 0.15) is 0 Å². The summed E-state index contributed by atoms with van der Waals surface area (Å²) in [5.74, 6) is 0. The predicted molar refractivity (Wildman–Crippen MR) is 73.0 cm³/mol. The molecule has 0 bridgehead atoms. The first-order valence-electron chi connectivity index (χ1n) is 6.21. The summed E-state index contributed by atoms with van der Waals surface area (Å²) in [6, 6.07) is 10.3. The van der Waals surface area contributed by atoms with Gasteiger partial charge in [-0.05, 0) is 28.8 Å². The van der Waals surface area contributed by atoms with E-state index >= 15 is 0 Å². The molecule has 0 spiro atoms. The second-order valence-corrected chi connectivity index (χ2v) is 4.51.